The summed E-state index contributed by atoms with van der Waals surface area (Å²) in [5.41, 5.74) is 0.638. The van der Waals surface area contributed by atoms with Crippen molar-refractivity contribution in [2.75, 3.05) is 18.4 Å². The monoisotopic (exact) mass is 208 g/mol. The summed E-state index contributed by atoms with van der Waals surface area (Å²) in [7, 11) is 0. The van der Waals surface area contributed by atoms with E-state index in [4.69, 9.17) is 0 Å². The molecular weight excluding hydrogens is 192 g/mol. The number of aromatic nitrogens is 2. The molecule has 0 saturated carbocycles. The van der Waals surface area contributed by atoms with Crippen LogP contribution in [0.2, 0.25) is 0 Å². The summed E-state index contributed by atoms with van der Waals surface area (Å²) >= 11 is 0. The first-order valence-corrected chi connectivity index (χ1v) is 5.29. The molecule has 1 aliphatic heterocycles. The Kier molecular flexibility index (Phi) is 3.01. The number of anilines is 1. The third-order valence-corrected chi connectivity index (χ3v) is 2.51. The molecule has 0 aliphatic carbocycles. The van der Waals surface area contributed by atoms with E-state index in [0.717, 1.165) is 31.6 Å². The third kappa shape index (κ3) is 2.79. The predicted octanol–water partition coefficient (Wildman–Crippen LogP) is 0.242. The molecule has 3 N–H and O–H groups in total. The van der Waals surface area contributed by atoms with Crippen LogP contribution in [0.15, 0.2) is 10.9 Å². The maximum atomic E-state index is 11.2. The first kappa shape index (κ1) is 10.2. The van der Waals surface area contributed by atoms with Gasteiger partial charge in [-0.25, -0.2) is 4.98 Å². The zero-order valence-corrected chi connectivity index (χ0v) is 8.84. The molecule has 1 aromatic rings. The van der Waals surface area contributed by atoms with E-state index < -0.39 is 0 Å². The lowest BCUT2D eigenvalue weighted by molar-refractivity contribution is 0.478. The lowest BCUT2D eigenvalue weighted by Gasteiger charge is -2.23. The molecule has 1 aromatic heterocycles. The van der Waals surface area contributed by atoms with Crippen molar-refractivity contribution in [3.05, 3.63) is 22.1 Å². The van der Waals surface area contributed by atoms with Gasteiger partial charge in [0.15, 0.2) is 0 Å². The van der Waals surface area contributed by atoms with E-state index >= 15 is 0 Å². The molecule has 1 aliphatic rings. The number of rotatable bonds is 2. The SMILES string of the molecule is Cc1cc(=O)[nH]c(NC2CCCNC2)n1. The minimum Gasteiger partial charge on any atom is -0.352 e. The molecule has 0 bridgehead atoms. The zero-order chi connectivity index (χ0) is 10.7. The predicted molar refractivity (Wildman–Crippen MR) is 59.1 cm³/mol. The van der Waals surface area contributed by atoms with Crippen molar-refractivity contribution in [1.82, 2.24) is 15.3 Å². The number of hydrogen-bond donors (Lipinski definition) is 3. The molecule has 0 aromatic carbocycles. The summed E-state index contributed by atoms with van der Waals surface area (Å²) in [4.78, 5) is 18.1. The number of nitrogens with zero attached hydrogens (tertiary/aromatic N) is 1. The topological polar surface area (TPSA) is 69.8 Å². The number of nitrogens with one attached hydrogen (secondary N) is 3. The van der Waals surface area contributed by atoms with Crippen LogP contribution in [0.3, 0.4) is 0 Å². The molecule has 0 spiro atoms. The van der Waals surface area contributed by atoms with E-state index in [1.165, 1.54) is 6.07 Å². The fraction of sp³-hybridized carbons (Fsp3) is 0.600. The van der Waals surface area contributed by atoms with Crippen LogP contribution in [0.1, 0.15) is 18.5 Å². The van der Waals surface area contributed by atoms with Crippen molar-refractivity contribution in [3.63, 3.8) is 0 Å². The van der Waals surface area contributed by atoms with E-state index in [-0.39, 0.29) is 5.56 Å². The van der Waals surface area contributed by atoms with Crippen molar-refractivity contribution in [3.8, 4) is 0 Å². The van der Waals surface area contributed by atoms with E-state index in [0.29, 0.717) is 12.0 Å². The Morgan fingerprint density at radius 2 is 2.47 bits per heavy atom. The van der Waals surface area contributed by atoms with E-state index in [9.17, 15) is 4.79 Å². The van der Waals surface area contributed by atoms with Gasteiger partial charge in [-0.3, -0.25) is 9.78 Å². The van der Waals surface area contributed by atoms with Crippen LogP contribution in [0.5, 0.6) is 0 Å². The summed E-state index contributed by atoms with van der Waals surface area (Å²) in [6.07, 6.45) is 2.28. The van der Waals surface area contributed by atoms with Gasteiger partial charge in [-0.05, 0) is 26.3 Å². The van der Waals surface area contributed by atoms with E-state index in [1.54, 1.807) is 0 Å². The van der Waals surface area contributed by atoms with Crippen molar-refractivity contribution in [2.24, 2.45) is 0 Å². The first-order chi connectivity index (χ1) is 7.24. The average Bonchev–Trinajstić information content (AvgIpc) is 2.17. The molecule has 1 unspecified atom stereocenters. The molecule has 82 valence electrons. The molecule has 0 radical (unpaired) electrons. The van der Waals surface area contributed by atoms with Gasteiger partial charge in [-0.2, -0.15) is 0 Å². The second-order valence-corrected chi connectivity index (χ2v) is 3.92. The fourth-order valence-electron chi connectivity index (χ4n) is 1.82. The minimum absolute atomic E-state index is 0.103. The van der Waals surface area contributed by atoms with Crippen LogP contribution in [-0.4, -0.2) is 29.1 Å². The van der Waals surface area contributed by atoms with Gasteiger partial charge in [0.05, 0.1) is 0 Å². The highest BCUT2D eigenvalue weighted by atomic mass is 16.1. The molecule has 1 fully saturated rings. The Morgan fingerprint density at radius 3 is 3.13 bits per heavy atom. The zero-order valence-electron chi connectivity index (χ0n) is 8.84. The number of piperidine rings is 1. The Morgan fingerprint density at radius 1 is 1.60 bits per heavy atom. The van der Waals surface area contributed by atoms with Gasteiger partial charge in [-0.15, -0.1) is 0 Å². The van der Waals surface area contributed by atoms with Crippen molar-refractivity contribution in [1.29, 1.82) is 0 Å². The quantitative estimate of drug-likeness (QED) is 0.651. The largest absolute Gasteiger partial charge is 0.352 e. The first-order valence-electron chi connectivity index (χ1n) is 5.29. The van der Waals surface area contributed by atoms with Crippen LogP contribution in [0.25, 0.3) is 0 Å². The highest BCUT2D eigenvalue weighted by molar-refractivity contribution is 5.26. The summed E-state index contributed by atoms with van der Waals surface area (Å²) in [6, 6.07) is 1.85. The Labute approximate surface area is 88.3 Å². The van der Waals surface area contributed by atoms with Crippen molar-refractivity contribution < 1.29 is 0 Å². The van der Waals surface area contributed by atoms with Crippen LogP contribution in [0, 0.1) is 6.92 Å². The Balaban J connectivity index is 2.06. The van der Waals surface area contributed by atoms with Gasteiger partial charge in [0.25, 0.3) is 5.56 Å². The van der Waals surface area contributed by atoms with Gasteiger partial charge in [0, 0.05) is 24.3 Å². The number of hydrogen-bond acceptors (Lipinski definition) is 4. The van der Waals surface area contributed by atoms with Crippen molar-refractivity contribution >= 4 is 5.95 Å². The smallest absolute Gasteiger partial charge is 0.252 e. The molecule has 5 heteroatoms. The number of H-pyrrole nitrogens is 1. The second-order valence-electron chi connectivity index (χ2n) is 3.92. The number of aromatic amines is 1. The standard InChI is InChI=1S/C10H16N4O/c1-7-5-9(15)14-10(12-7)13-8-3-2-4-11-6-8/h5,8,11H,2-4,6H2,1H3,(H2,12,13,14,15). The molecule has 2 heterocycles. The maximum absolute atomic E-state index is 11.2. The Bertz CT molecular complexity index is 381. The molecule has 15 heavy (non-hydrogen) atoms. The molecule has 5 nitrogen and oxygen atoms in total. The van der Waals surface area contributed by atoms with Gasteiger partial charge < -0.3 is 10.6 Å². The Hall–Kier alpha value is -1.36. The van der Waals surface area contributed by atoms with E-state index in [1.807, 2.05) is 6.92 Å². The normalized spacial score (nSPS) is 21.3. The van der Waals surface area contributed by atoms with Crippen LogP contribution in [-0.2, 0) is 0 Å². The van der Waals surface area contributed by atoms with Crippen LogP contribution < -0.4 is 16.2 Å². The number of aryl methyl sites for hydroxylation is 1. The summed E-state index contributed by atoms with van der Waals surface area (Å²) in [5, 5.41) is 6.54. The second kappa shape index (κ2) is 4.44. The molecule has 0 amide bonds. The molecule has 1 atom stereocenters. The lowest BCUT2D eigenvalue weighted by atomic mass is 10.1. The highest BCUT2D eigenvalue weighted by Crippen LogP contribution is 2.06. The molecular formula is C10H16N4O. The maximum Gasteiger partial charge on any atom is 0.252 e. The fourth-order valence-corrected chi connectivity index (χ4v) is 1.82. The van der Waals surface area contributed by atoms with Gasteiger partial charge in [-0.1, -0.05) is 0 Å². The van der Waals surface area contributed by atoms with Crippen LogP contribution >= 0.6 is 0 Å². The molecule has 2 rings (SSSR count). The minimum atomic E-state index is -0.103. The molecule has 1 saturated heterocycles. The van der Waals surface area contributed by atoms with Gasteiger partial charge >= 0.3 is 0 Å². The summed E-state index contributed by atoms with van der Waals surface area (Å²) in [5.74, 6) is 0.578. The van der Waals surface area contributed by atoms with Crippen LogP contribution in [0.4, 0.5) is 5.95 Å². The third-order valence-electron chi connectivity index (χ3n) is 2.51. The summed E-state index contributed by atoms with van der Waals surface area (Å²) < 4.78 is 0. The highest BCUT2D eigenvalue weighted by Gasteiger charge is 2.13. The summed E-state index contributed by atoms with van der Waals surface area (Å²) in [6.45, 7) is 3.83. The van der Waals surface area contributed by atoms with E-state index in [2.05, 4.69) is 20.6 Å². The lowest BCUT2D eigenvalue weighted by Crippen LogP contribution is -2.39. The van der Waals surface area contributed by atoms with Gasteiger partial charge in [0.2, 0.25) is 5.95 Å². The van der Waals surface area contributed by atoms with Gasteiger partial charge in [0.1, 0.15) is 0 Å². The average molecular weight is 208 g/mol. The van der Waals surface area contributed by atoms with Crippen molar-refractivity contribution in [2.45, 2.75) is 25.8 Å².